The molecular formula is C8H22O4Si2. The highest BCUT2D eigenvalue weighted by Gasteiger charge is 2.42. The highest BCUT2D eigenvalue weighted by molar-refractivity contribution is 6.57. The highest BCUT2D eigenvalue weighted by atomic mass is 28.4. The van der Waals surface area contributed by atoms with E-state index in [1.807, 2.05) is 13.8 Å². The summed E-state index contributed by atoms with van der Waals surface area (Å²) in [6.07, 6.45) is 2.11. The zero-order valence-electron chi connectivity index (χ0n) is 9.67. The Balaban J connectivity index is 4.03. The van der Waals surface area contributed by atoms with E-state index in [0.29, 0.717) is 30.3 Å². The van der Waals surface area contributed by atoms with Crippen LogP contribution < -0.4 is 0 Å². The van der Waals surface area contributed by atoms with Gasteiger partial charge in [0.2, 0.25) is 0 Å². The van der Waals surface area contributed by atoms with Gasteiger partial charge in [0.15, 0.2) is 0 Å². The predicted octanol–water partition coefficient (Wildman–Crippen LogP) is 0.609. The van der Waals surface area contributed by atoms with E-state index in [1.165, 1.54) is 0 Å². The van der Waals surface area contributed by atoms with E-state index in [1.54, 1.807) is 0 Å². The standard InChI is InChI=1S/C8H22O4Si2/c1-4-7-8-11-14(12-13,9-5-2)10-6-3/h4-8H2,1-3,13H3. The molecule has 0 amide bonds. The summed E-state index contributed by atoms with van der Waals surface area (Å²) in [6, 6.07) is 0. The largest absolute Gasteiger partial charge is 0.668 e. The molecule has 0 saturated carbocycles. The fraction of sp³-hybridized carbons (Fsp3) is 1.00. The quantitative estimate of drug-likeness (QED) is 0.436. The SMILES string of the molecule is CCCCO[Si](O[SiH3])(OCC)OCC. The molecule has 0 fully saturated rings. The highest BCUT2D eigenvalue weighted by Crippen LogP contribution is 2.10. The van der Waals surface area contributed by atoms with Crippen LogP contribution in [0.3, 0.4) is 0 Å². The first-order valence-electron chi connectivity index (χ1n) is 5.21. The molecule has 0 aromatic heterocycles. The van der Waals surface area contributed by atoms with Crippen LogP contribution in [-0.4, -0.2) is 39.4 Å². The molecule has 0 saturated heterocycles. The van der Waals surface area contributed by atoms with E-state index in [9.17, 15) is 0 Å². The lowest BCUT2D eigenvalue weighted by Crippen LogP contribution is -2.49. The van der Waals surface area contributed by atoms with E-state index < -0.39 is 9.05 Å². The number of hydrogen-bond acceptors (Lipinski definition) is 4. The molecule has 0 rings (SSSR count). The van der Waals surface area contributed by atoms with Crippen LogP contribution in [0.1, 0.15) is 33.6 Å². The molecule has 0 N–H and O–H groups in total. The molecule has 86 valence electrons. The lowest BCUT2D eigenvalue weighted by molar-refractivity contribution is 0.00816. The van der Waals surface area contributed by atoms with Gasteiger partial charge in [0.05, 0.1) is 0 Å². The Bertz CT molecular complexity index is 129. The Labute approximate surface area is 90.9 Å². The molecule has 0 aliphatic carbocycles. The molecule has 0 aliphatic rings. The Kier molecular flexibility index (Phi) is 8.74. The van der Waals surface area contributed by atoms with Crippen LogP contribution in [0.4, 0.5) is 0 Å². The zero-order chi connectivity index (χ0) is 10.9. The van der Waals surface area contributed by atoms with Crippen LogP contribution in [0.5, 0.6) is 0 Å². The first-order valence-corrected chi connectivity index (χ1v) is 7.66. The van der Waals surface area contributed by atoms with E-state index in [0.717, 1.165) is 12.8 Å². The molecule has 0 radical (unpaired) electrons. The maximum atomic E-state index is 5.61. The van der Waals surface area contributed by atoms with Crippen LogP contribution in [0.25, 0.3) is 0 Å². The van der Waals surface area contributed by atoms with Crippen molar-refractivity contribution in [2.75, 3.05) is 19.8 Å². The first kappa shape index (κ1) is 14.3. The Morgan fingerprint density at radius 2 is 1.57 bits per heavy atom. The summed E-state index contributed by atoms with van der Waals surface area (Å²) in [7, 11) is -2.17. The molecule has 0 unspecified atom stereocenters. The Morgan fingerprint density at radius 1 is 1.00 bits per heavy atom. The van der Waals surface area contributed by atoms with Crippen LogP contribution in [0.2, 0.25) is 0 Å². The lowest BCUT2D eigenvalue weighted by atomic mass is 10.4. The second-order valence-corrected chi connectivity index (χ2v) is 6.27. The summed E-state index contributed by atoms with van der Waals surface area (Å²) in [5, 5.41) is 0. The fourth-order valence-corrected chi connectivity index (χ4v) is 3.76. The summed E-state index contributed by atoms with van der Waals surface area (Å²) in [5.41, 5.74) is 0. The van der Waals surface area contributed by atoms with Gasteiger partial charge in [-0.15, -0.1) is 0 Å². The third-order valence-electron chi connectivity index (χ3n) is 1.67. The van der Waals surface area contributed by atoms with Gasteiger partial charge in [-0.2, -0.15) is 0 Å². The van der Waals surface area contributed by atoms with Gasteiger partial charge in [-0.25, -0.2) is 0 Å². The second-order valence-electron chi connectivity index (χ2n) is 2.77. The molecular weight excluding hydrogens is 216 g/mol. The summed E-state index contributed by atoms with van der Waals surface area (Å²) < 4.78 is 21.9. The molecule has 14 heavy (non-hydrogen) atoms. The Morgan fingerprint density at radius 3 is 1.93 bits per heavy atom. The molecule has 0 aromatic carbocycles. The van der Waals surface area contributed by atoms with Crippen molar-refractivity contribution in [2.24, 2.45) is 0 Å². The number of unbranched alkanes of at least 4 members (excludes halogenated alkanes) is 1. The summed E-state index contributed by atoms with van der Waals surface area (Å²) >= 11 is 0. The summed E-state index contributed by atoms with van der Waals surface area (Å²) in [6.45, 7) is 7.76. The van der Waals surface area contributed by atoms with Gasteiger partial charge >= 0.3 is 9.05 Å². The maximum Gasteiger partial charge on any atom is 0.668 e. The van der Waals surface area contributed by atoms with E-state index in [-0.39, 0.29) is 0 Å². The van der Waals surface area contributed by atoms with Crippen molar-refractivity contribution in [2.45, 2.75) is 33.6 Å². The van der Waals surface area contributed by atoms with E-state index in [2.05, 4.69) is 6.92 Å². The van der Waals surface area contributed by atoms with Gasteiger partial charge in [-0.3, -0.25) is 0 Å². The summed E-state index contributed by atoms with van der Waals surface area (Å²) in [4.78, 5) is 0. The first-order chi connectivity index (χ1) is 6.74. The molecule has 0 aliphatic heterocycles. The minimum absolute atomic E-state index is 0.570. The average molecular weight is 238 g/mol. The van der Waals surface area contributed by atoms with Crippen molar-refractivity contribution in [3.63, 3.8) is 0 Å². The average Bonchev–Trinajstić information content (AvgIpc) is 2.19. The topological polar surface area (TPSA) is 36.9 Å². The monoisotopic (exact) mass is 238 g/mol. The van der Waals surface area contributed by atoms with Crippen molar-refractivity contribution >= 4 is 19.5 Å². The summed E-state index contributed by atoms with van der Waals surface area (Å²) in [5.74, 6) is 0. The third-order valence-corrected chi connectivity index (χ3v) is 5.51. The van der Waals surface area contributed by atoms with Crippen LogP contribution in [-0.2, 0) is 17.4 Å². The van der Waals surface area contributed by atoms with Gasteiger partial charge in [0, 0.05) is 19.8 Å². The van der Waals surface area contributed by atoms with Crippen molar-refractivity contribution in [1.29, 1.82) is 0 Å². The van der Waals surface area contributed by atoms with Gasteiger partial charge < -0.3 is 17.4 Å². The van der Waals surface area contributed by atoms with Crippen LogP contribution >= 0.6 is 0 Å². The molecule has 0 bridgehead atoms. The molecule has 4 nitrogen and oxygen atoms in total. The van der Waals surface area contributed by atoms with Crippen LogP contribution in [0, 0.1) is 0 Å². The predicted molar refractivity (Wildman–Crippen MR) is 60.9 cm³/mol. The van der Waals surface area contributed by atoms with Crippen molar-refractivity contribution < 1.29 is 17.4 Å². The zero-order valence-corrected chi connectivity index (χ0v) is 12.7. The lowest BCUT2D eigenvalue weighted by Gasteiger charge is -2.26. The minimum Gasteiger partial charge on any atom is -0.403 e. The van der Waals surface area contributed by atoms with E-state index >= 15 is 0 Å². The van der Waals surface area contributed by atoms with Crippen molar-refractivity contribution in [3.05, 3.63) is 0 Å². The van der Waals surface area contributed by atoms with E-state index in [4.69, 9.17) is 17.4 Å². The normalized spacial score (nSPS) is 12.2. The van der Waals surface area contributed by atoms with Crippen LogP contribution in [0.15, 0.2) is 0 Å². The number of rotatable bonds is 9. The smallest absolute Gasteiger partial charge is 0.403 e. The van der Waals surface area contributed by atoms with Crippen molar-refractivity contribution in [1.82, 2.24) is 0 Å². The third kappa shape index (κ3) is 5.23. The minimum atomic E-state index is -2.74. The molecule has 0 aromatic rings. The molecule has 6 heteroatoms. The second kappa shape index (κ2) is 8.57. The maximum absolute atomic E-state index is 5.61. The van der Waals surface area contributed by atoms with Gasteiger partial charge in [0.1, 0.15) is 10.5 Å². The van der Waals surface area contributed by atoms with Gasteiger partial charge in [0.25, 0.3) is 0 Å². The van der Waals surface area contributed by atoms with Gasteiger partial charge in [-0.05, 0) is 20.3 Å². The van der Waals surface area contributed by atoms with Crippen molar-refractivity contribution in [3.8, 4) is 0 Å². The molecule has 0 heterocycles. The van der Waals surface area contributed by atoms with Gasteiger partial charge in [-0.1, -0.05) is 13.3 Å². The fourth-order valence-electron chi connectivity index (χ4n) is 0.997. The number of hydrogen-bond donors (Lipinski definition) is 0. The molecule has 0 spiro atoms. The molecule has 0 atom stereocenters. The Hall–Kier alpha value is 0.274.